The standard InChI is InChI=1S/C23H26ClN5O3S/c1-15-5-4-6-19(16(15)2)28-9-11-29(12-10-28)23-26-14-21(22(25)27-23)33(30,31)17-7-8-20(32-3)18(24)13-17/h4-8,13-14H,9-12H2,1-3H3,(H2,25,26,27). The van der Waals surface area contributed by atoms with Gasteiger partial charge in [0.25, 0.3) is 0 Å². The number of piperazine rings is 1. The minimum atomic E-state index is -3.94. The summed E-state index contributed by atoms with van der Waals surface area (Å²) in [4.78, 5) is 12.8. The number of sulfone groups is 1. The molecule has 3 aromatic rings. The third kappa shape index (κ3) is 4.43. The molecule has 0 bridgehead atoms. The zero-order valence-electron chi connectivity index (χ0n) is 18.7. The summed E-state index contributed by atoms with van der Waals surface area (Å²) in [7, 11) is -2.47. The summed E-state index contributed by atoms with van der Waals surface area (Å²) < 4.78 is 31.2. The number of anilines is 3. The monoisotopic (exact) mass is 487 g/mol. The van der Waals surface area contributed by atoms with E-state index in [0.717, 1.165) is 13.1 Å². The molecule has 1 aliphatic rings. The first-order valence-electron chi connectivity index (χ1n) is 10.5. The van der Waals surface area contributed by atoms with Crippen molar-refractivity contribution in [3.05, 3.63) is 58.7 Å². The van der Waals surface area contributed by atoms with Gasteiger partial charge < -0.3 is 20.3 Å². The van der Waals surface area contributed by atoms with Gasteiger partial charge in [-0.05, 0) is 49.2 Å². The molecule has 0 atom stereocenters. The van der Waals surface area contributed by atoms with E-state index >= 15 is 0 Å². The van der Waals surface area contributed by atoms with E-state index in [1.54, 1.807) is 0 Å². The largest absolute Gasteiger partial charge is 0.495 e. The van der Waals surface area contributed by atoms with Crippen LogP contribution in [0.1, 0.15) is 11.1 Å². The Kier molecular flexibility index (Phi) is 6.36. The van der Waals surface area contributed by atoms with E-state index in [-0.39, 0.29) is 20.6 Å². The molecular formula is C23H26ClN5O3S. The van der Waals surface area contributed by atoms with Crippen LogP contribution in [0.2, 0.25) is 5.02 Å². The molecule has 1 aromatic heterocycles. The summed E-state index contributed by atoms with van der Waals surface area (Å²) in [6.45, 7) is 7.26. The number of nitrogens with zero attached hydrogens (tertiary/aromatic N) is 4. The van der Waals surface area contributed by atoms with Crippen LogP contribution in [-0.2, 0) is 9.84 Å². The number of hydrogen-bond donors (Lipinski definition) is 1. The van der Waals surface area contributed by atoms with E-state index in [4.69, 9.17) is 22.1 Å². The maximum absolute atomic E-state index is 13.1. The second-order valence-corrected chi connectivity index (χ2v) is 10.2. The molecule has 1 aliphatic heterocycles. The minimum absolute atomic E-state index is 0.00140. The highest BCUT2D eigenvalue weighted by molar-refractivity contribution is 7.91. The number of nitrogens with two attached hydrogens (primary N) is 1. The van der Waals surface area contributed by atoms with Gasteiger partial charge in [-0.2, -0.15) is 4.98 Å². The van der Waals surface area contributed by atoms with Gasteiger partial charge in [0.15, 0.2) is 0 Å². The van der Waals surface area contributed by atoms with Crippen molar-refractivity contribution in [3.63, 3.8) is 0 Å². The van der Waals surface area contributed by atoms with Crippen molar-refractivity contribution in [3.8, 4) is 5.75 Å². The second-order valence-electron chi connectivity index (χ2n) is 7.91. The number of aryl methyl sites for hydroxylation is 1. The van der Waals surface area contributed by atoms with Gasteiger partial charge in [-0.3, -0.25) is 0 Å². The molecule has 2 N–H and O–H groups in total. The molecule has 2 aromatic carbocycles. The number of nitrogen functional groups attached to an aromatic ring is 1. The highest BCUT2D eigenvalue weighted by Crippen LogP contribution is 2.32. The third-order valence-electron chi connectivity index (χ3n) is 5.97. The van der Waals surface area contributed by atoms with E-state index in [0.29, 0.717) is 24.8 Å². The molecule has 0 unspecified atom stereocenters. The van der Waals surface area contributed by atoms with Crippen molar-refractivity contribution in [1.29, 1.82) is 0 Å². The third-order valence-corrected chi connectivity index (χ3v) is 8.04. The van der Waals surface area contributed by atoms with Crippen molar-refractivity contribution in [1.82, 2.24) is 9.97 Å². The van der Waals surface area contributed by atoms with E-state index in [1.165, 1.54) is 48.3 Å². The second kappa shape index (κ2) is 9.07. The molecule has 0 amide bonds. The van der Waals surface area contributed by atoms with Crippen LogP contribution >= 0.6 is 11.6 Å². The van der Waals surface area contributed by atoms with Gasteiger partial charge in [0.2, 0.25) is 15.8 Å². The predicted molar refractivity (Wildman–Crippen MR) is 130 cm³/mol. The number of halogens is 1. The van der Waals surface area contributed by atoms with Crippen LogP contribution in [-0.4, -0.2) is 51.7 Å². The molecule has 1 saturated heterocycles. The maximum Gasteiger partial charge on any atom is 0.227 e. The topological polar surface area (TPSA) is 102 Å². The van der Waals surface area contributed by atoms with Gasteiger partial charge in [0.05, 0.1) is 23.2 Å². The number of benzene rings is 2. The van der Waals surface area contributed by atoms with Crippen molar-refractivity contribution in [2.45, 2.75) is 23.6 Å². The lowest BCUT2D eigenvalue weighted by atomic mass is 10.1. The molecule has 0 spiro atoms. The molecule has 2 heterocycles. The zero-order valence-corrected chi connectivity index (χ0v) is 20.3. The van der Waals surface area contributed by atoms with Gasteiger partial charge in [-0.25, -0.2) is 13.4 Å². The van der Waals surface area contributed by atoms with Crippen LogP contribution in [0.4, 0.5) is 17.5 Å². The Morgan fingerprint density at radius 3 is 2.39 bits per heavy atom. The molecule has 33 heavy (non-hydrogen) atoms. The number of hydrogen-bond acceptors (Lipinski definition) is 8. The van der Waals surface area contributed by atoms with Crippen molar-refractivity contribution in [2.24, 2.45) is 0 Å². The van der Waals surface area contributed by atoms with E-state index < -0.39 is 9.84 Å². The highest BCUT2D eigenvalue weighted by Gasteiger charge is 2.26. The van der Waals surface area contributed by atoms with E-state index in [9.17, 15) is 8.42 Å². The average molecular weight is 488 g/mol. The normalized spacial score (nSPS) is 14.4. The molecule has 10 heteroatoms. The van der Waals surface area contributed by atoms with E-state index in [1.807, 2.05) is 4.90 Å². The van der Waals surface area contributed by atoms with E-state index in [2.05, 4.69) is 46.9 Å². The minimum Gasteiger partial charge on any atom is -0.495 e. The molecular weight excluding hydrogens is 462 g/mol. The van der Waals surface area contributed by atoms with Crippen molar-refractivity contribution < 1.29 is 13.2 Å². The van der Waals surface area contributed by atoms with Crippen LogP contribution < -0.4 is 20.3 Å². The fraction of sp³-hybridized carbons (Fsp3) is 0.304. The first-order chi connectivity index (χ1) is 15.7. The first kappa shape index (κ1) is 23.1. The van der Waals surface area contributed by atoms with Crippen molar-refractivity contribution in [2.75, 3.05) is 48.8 Å². The Bertz CT molecular complexity index is 1290. The maximum atomic E-state index is 13.1. The Hall–Kier alpha value is -3.04. The quantitative estimate of drug-likeness (QED) is 0.583. The molecule has 1 fully saturated rings. The summed E-state index contributed by atoms with van der Waals surface area (Å²) in [5.41, 5.74) is 9.85. The average Bonchev–Trinajstić information content (AvgIpc) is 2.80. The Balaban J connectivity index is 1.52. The van der Waals surface area contributed by atoms with Gasteiger partial charge in [-0.15, -0.1) is 0 Å². The zero-order chi connectivity index (χ0) is 23.8. The lowest BCUT2D eigenvalue weighted by Crippen LogP contribution is -2.47. The van der Waals surface area contributed by atoms with Crippen LogP contribution in [0, 0.1) is 13.8 Å². The summed E-state index contributed by atoms with van der Waals surface area (Å²) >= 11 is 6.10. The summed E-state index contributed by atoms with van der Waals surface area (Å²) in [5.74, 6) is 0.707. The lowest BCUT2D eigenvalue weighted by Gasteiger charge is -2.37. The number of methoxy groups -OCH3 is 1. The van der Waals surface area contributed by atoms with Crippen molar-refractivity contribution >= 4 is 38.9 Å². The molecule has 0 radical (unpaired) electrons. The van der Waals surface area contributed by atoms with Crippen LogP contribution in [0.3, 0.4) is 0 Å². The van der Waals surface area contributed by atoms with Crippen LogP contribution in [0.15, 0.2) is 52.4 Å². The SMILES string of the molecule is COc1ccc(S(=O)(=O)c2cnc(N3CCN(c4cccc(C)c4C)CC3)nc2N)cc1Cl. The summed E-state index contributed by atoms with van der Waals surface area (Å²) in [6.07, 6.45) is 1.27. The number of ether oxygens (including phenoxy) is 1. The number of aromatic nitrogens is 2. The van der Waals surface area contributed by atoms with Crippen LogP contribution in [0.25, 0.3) is 0 Å². The van der Waals surface area contributed by atoms with Gasteiger partial charge >= 0.3 is 0 Å². The number of rotatable bonds is 5. The Labute approximate surface area is 198 Å². The van der Waals surface area contributed by atoms with Crippen LogP contribution in [0.5, 0.6) is 5.75 Å². The predicted octanol–water partition coefficient (Wildman–Crippen LogP) is 3.50. The molecule has 0 saturated carbocycles. The molecule has 0 aliphatic carbocycles. The summed E-state index contributed by atoms with van der Waals surface area (Å²) in [6, 6.07) is 10.6. The summed E-state index contributed by atoms with van der Waals surface area (Å²) in [5, 5.41) is 0.191. The molecule has 174 valence electrons. The molecule has 8 nitrogen and oxygen atoms in total. The molecule has 4 rings (SSSR count). The smallest absolute Gasteiger partial charge is 0.227 e. The van der Waals surface area contributed by atoms with Gasteiger partial charge in [-0.1, -0.05) is 23.7 Å². The van der Waals surface area contributed by atoms with Gasteiger partial charge in [0, 0.05) is 31.9 Å². The lowest BCUT2D eigenvalue weighted by molar-refractivity contribution is 0.414. The first-order valence-corrected chi connectivity index (χ1v) is 12.4. The van der Waals surface area contributed by atoms with Gasteiger partial charge in [0.1, 0.15) is 16.5 Å². The Morgan fingerprint density at radius 2 is 1.76 bits per heavy atom. The fourth-order valence-corrected chi connectivity index (χ4v) is 5.51. The fourth-order valence-electron chi connectivity index (χ4n) is 3.90. The Morgan fingerprint density at radius 1 is 1.06 bits per heavy atom. The highest BCUT2D eigenvalue weighted by atomic mass is 35.5.